The van der Waals surface area contributed by atoms with Crippen LogP contribution in [0.2, 0.25) is 0 Å². The van der Waals surface area contributed by atoms with Crippen molar-refractivity contribution < 1.29 is 23.9 Å². The molecule has 0 saturated carbocycles. The first-order valence-electron chi connectivity index (χ1n) is 14.0. The van der Waals surface area contributed by atoms with Gasteiger partial charge in [0.25, 0.3) is 0 Å². The van der Waals surface area contributed by atoms with Crippen LogP contribution in [0.3, 0.4) is 0 Å². The van der Waals surface area contributed by atoms with E-state index in [1.54, 1.807) is 50.6 Å². The van der Waals surface area contributed by atoms with E-state index in [-0.39, 0.29) is 17.3 Å². The highest BCUT2D eigenvalue weighted by Gasteiger charge is 2.71. The Hall–Kier alpha value is -4.97. The van der Waals surface area contributed by atoms with E-state index >= 15 is 0 Å². The number of hydrogen-bond donors (Lipinski definition) is 0. The van der Waals surface area contributed by atoms with Crippen molar-refractivity contribution in [3.8, 4) is 11.5 Å². The number of fused-ring (bicyclic) bond motifs is 5. The molecule has 0 amide bonds. The van der Waals surface area contributed by atoms with E-state index in [0.717, 1.165) is 16.8 Å². The van der Waals surface area contributed by atoms with E-state index in [1.165, 1.54) is 0 Å². The number of rotatable bonds is 5. The largest absolute Gasteiger partial charge is 0.497 e. The number of nitrogens with zero attached hydrogens (tertiary/aromatic N) is 1. The Balaban J connectivity index is 1.57. The van der Waals surface area contributed by atoms with Crippen LogP contribution in [0.5, 0.6) is 11.5 Å². The van der Waals surface area contributed by atoms with E-state index in [0.29, 0.717) is 33.8 Å². The molecule has 0 N–H and O–H groups in total. The summed E-state index contributed by atoms with van der Waals surface area (Å²) in [5.74, 6) is -0.552. The molecular weight excluding hydrogens is 526 g/mol. The molecule has 0 aromatic heterocycles. The summed E-state index contributed by atoms with van der Waals surface area (Å²) in [7, 11) is 3.12. The molecule has 1 spiro atoms. The van der Waals surface area contributed by atoms with Crippen LogP contribution in [0.15, 0.2) is 97.1 Å². The van der Waals surface area contributed by atoms with Crippen LogP contribution in [0, 0.1) is 12.3 Å². The molecule has 4 aromatic carbocycles. The minimum absolute atomic E-state index is 0.165. The number of aryl methyl sites for hydroxylation is 1. The lowest BCUT2D eigenvalue weighted by atomic mass is 9.64. The number of Topliss-reactive ketones (excluding diaryl/α,β-unsaturated/α-hetero) is 3. The van der Waals surface area contributed by atoms with Gasteiger partial charge in [-0.1, -0.05) is 90.5 Å². The second kappa shape index (κ2) is 9.55. The maximum absolute atomic E-state index is 14.8. The first-order valence-corrected chi connectivity index (χ1v) is 14.0. The SMILES string of the molecule is COc1ccc([C@H]2[C@H](C(=O)c3ccc(C)cc3)N3c4ccccc4C=C[C@@H]3C23C(=O)c2ccccc2C3=O)c(OC)c1. The molecule has 1 fully saturated rings. The number of carbonyl (C=O) groups excluding carboxylic acids is 3. The first kappa shape index (κ1) is 26.0. The molecule has 208 valence electrons. The molecule has 4 aromatic rings. The van der Waals surface area contributed by atoms with Gasteiger partial charge in [0.05, 0.1) is 20.3 Å². The van der Waals surface area contributed by atoms with Crippen molar-refractivity contribution in [3.63, 3.8) is 0 Å². The van der Waals surface area contributed by atoms with E-state index in [4.69, 9.17) is 9.47 Å². The van der Waals surface area contributed by atoms with Gasteiger partial charge < -0.3 is 14.4 Å². The Labute approximate surface area is 244 Å². The second-order valence-corrected chi connectivity index (χ2v) is 11.1. The summed E-state index contributed by atoms with van der Waals surface area (Å²) >= 11 is 0. The van der Waals surface area contributed by atoms with Crippen molar-refractivity contribution in [1.82, 2.24) is 0 Å². The lowest BCUT2D eigenvalue weighted by Crippen LogP contribution is -2.48. The fourth-order valence-corrected chi connectivity index (χ4v) is 7.22. The number of ketones is 3. The predicted octanol–water partition coefficient (Wildman–Crippen LogP) is 6.33. The summed E-state index contributed by atoms with van der Waals surface area (Å²) in [5, 5.41) is 0. The van der Waals surface area contributed by atoms with Gasteiger partial charge in [-0.3, -0.25) is 14.4 Å². The number of ether oxygens (including phenoxy) is 2. The third-order valence-electron chi connectivity index (χ3n) is 9.09. The number of para-hydroxylation sites is 1. The van der Waals surface area contributed by atoms with Gasteiger partial charge in [-0.15, -0.1) is 0 Å². The van der Waals surface area contributed by atoms with E-state index in [9.17, 15) is 14.4 Å². The normalized spacial score (nSPS) is 21.2. The summed E-state index contributed by atoms with van der Waals surface area (Å²) < 4.78 is 11.4. The van der Waals surface area contributed by atoms with Gasteiger partial charge in [-0.2, -0.15) is 0 Å². The predicted molar refractivity (Wildman–Crippen MR) is 161 cm³/mol. The molecule has 0 unspecified atom stereocenters. The number of hydrogen-bond acceptors (Lipinski definition) is 6. The molecule has 3 atom stereocenters. The monoisotopic (exact) mass is 555 g/mol. The summed E-state index contributed by atoms with van der Waals surface area (Å²) in [6, 6.07) is 26.0. The zero-order valence-electron chi connectivity index (χ0n) is 23.5. The summed E-state index contributed by atoms with van der Waals surface area (Å²) in [4.78, 5) is 46.4. The topological polar surface area (TPSA) is 72.9 Å². The maximum Gasteiger partial charge on any atom is 0.185 e. The van der Waals surface area contributed by atoms with Gasteiger partial charge >= 0.3 is 0 Å². The highest BCUT2D eigenvalue weighted by Crippen LogP contribution is 2.62. The summed E-state index contributed by atoms with van der Waals surface area (Å²) in [6.45, 7) is 1.97. The third kappa shape index (κ3) is 3.41. The van der Waals surface area contributed by atoms with Crippen LogP contribution >= 0.6 is 0 Å². The number of methoxy groups -OCH3 is 2. The molecule has 2 aliphatic heterocycles. The Bertz CT molecular complexity index is 1770. The minimum Gasteiger partial charge on any atom is -0.497 e. The zero-order valence-corrected chi connectivity index (χ0v) is 23.5. The molecule has 1 aliphatic carbocycles. The highest BCUT2D eigenvalue weighted by molar-refractivity contribution is 6.32. The molecule has 6 heteroatoms. The average molecular weight is 556 g/mol. The molecule has 3 aliphatic rings. The number of anilines is 1. The summed E-state index contributed by atoms with van der Waals surface area (Å²) in [5.41, 5.74) is 3.06. The van der Waals surface area contributed by atoms with Gasteiger partial charge in [-0.05, 0) is 24.6 Å². The highest BCUT2D eigenvalue weighted by atomic mass is 16.5. The second-order valence-electron chi connectivity index (χ2n) is 11.1. The smallest absolute Gasteiger partial charge is 0.185 e. The Morgan fingerprint density at radius 1 is 0.810 bits per heavy atom. The molecule has 7 rings (SSSR count). The molecule has 0 radical (unpaired) electrons. The first-order chi connectivity index (χ1) is 20.4. The van der Waals surface area contributed by atoms with Gasteiger partial charge in [-0.25, -0.2) is 0 Å². The van der Waals surface area contributed by atoms with Crippen LogP contribution in [0.1, 0.15) is 53.7 Å². The summed E-state index contributed by atoms with van der Waals surface area (Å²) in [6.07, 6.45) is 3.89. The van der Waals surface area contributed by atoms with Crippen molar-refractivity contribution in [1.29, 1.82) is 0 Å². The van der Waals surface area contributed by atoms with E-state index in [2.05, 4.69) is 0 Å². The zero-order chi connectivity index (χ0) is 29.2. The lowest BCUT2D eigenvalue weighted by molar-refractivity contribution is 0.0665. The fourth-order valence-electron chi connectivity index (χ4n) is 7.22. The quantitative estimate of drug-likeness (QED) is 0.212. The van der Waals surface area contributed by atoms with Gasteiger partial charge in [0.2, 0.25) is 0 Å². The molecule has 6 nitrogen and oxygen atoms in total. The molecular formula is C36H29NO5. The van der Waals surface area contributed by atoms with Crippen molar-refractivity contribution in [2.75, 3.05) is 19.1 Å². The standard InChI is InChI=1S/C36H29NO5/c1-21-12-14-23(15-13-21)33(38)32-31(27-18-17-24(41-2)20-29(27)42-3)36(34(39)25-9-5-6-10-26(25)35(36)40)30-19-16-22-8-4-7-11-28(22)37(30)32/h4-20,30-32H,1-3H3/t30-,31+,32-/m1/s1. The van der Waals surface area contributed by atoms with Gasteiger partial charge in [0, 0.05) is 39.9 Å². The van der Waals surface area contributed by atoms with Crippen LogP contribution in [-0.4, -0.2) is 43.7 Å². The van der Waals surface area contributed by atoms with E-state index < -0.39 is 23.4 Å². The van der Waals surface area contributed by atoms with Crippen LogP contribution in [0.4, 0.5) is 5.69 Å². The van der Waals surface area contributed by atoms with Crippen molar-refractivity contribution in [2.45, 2.75) is 24.9 Å². The van der Waals surface area contributed by atoms with Crippen LogP contribution in [-0.2, 0) is 0 Å². The third-order valence-corrected chi connectivity index (χ3v) is 9.09. The van der Waals surface area contributed by atoms with Crippen LogP contribution in [0.25, 0.3) is 6.08 Å². The Morgan fingerprint density at radius 3 is 2.14 bits per heavy atom. The number of benzene rings is 4. The molecule has 42 heavy (non-hydrogen) atoms. The van der Waals surface area contributed by atoms with Crippen molar-refractivity contribution in [2.24, 2.45) is 5.41 Å². The minimum atomic E-state index is -1.60. The lowest BCUT2D eigenvalue weighted by Gasteiger charge is -2.37. The Kier molecular flexibility index (Phi) is 5.91. The van der Waals surface area contributed by atoms with Crippen molar-refractivity contribution in [3.05, 3.63) is 130 Å². The van der Waals surface area contributed by atoms with Crippen molar-refractivity contribution >= 4 is 29.1 Å². The fraction of sp³-hybridized carbons (Fsp3) is 0.194. The van der Waals surface area contributed by atoms with Gasteiger partial charge in [0.15, 0.2) is 17.3 Å². The van der Waals surface area contributed by atoms with Crippen LogP contribution < -0.4 is 14.4 Å². The van der Waals surface area contributed by atoms with E-state index in [1.807, 2.05) is 78.6 Å². The average Bonchev–Trinajstić information content (AvgIpc) is 3.46. The van der Waals surface area contributed by atoms with Gasteiger partial charge in [0.1, 0.15) is 23.0 Å². The Morgan fingerprint density at radius 2 is 1.48 bits per heavy atom. The number of carbonyl (C=O) groups is 3. The molecule has 1 saturated heterocycles. The molecule has 2 heterocycles. The maximum atomic E-state index is 14.8. The molecule has 0 bridgehead atoms.